The molecule has 3 aromatic rings. The highest BCUT2D eigenvalue weighted by Crippen LogP contribution is 2.23. The van der Waals surface area contributed by atoms with E-state index >= 15 is 0 Å². The number of amides is 1. The average Bonchev–Trinajstić information content (AvgIpc) is 2.67. The minimum absolute atomic E-state index is 0.00462. The predicted molar refractivity (Wildman–Crippen MR) is 110 cm³/mol. The molecule has 0 radical (unpaired) electrons. The van der Waals surface area contributed by atoms with Gasteiger partial charge in [0.15, 0.2) is 5.16 Å². The Labute approximate surface area is 171 Å². The van der Waals surface area contributed by atoms with Gasteiger partial charge in [0, 0.05) is 12.1 Å². The lowest BCUT2D eigenvalue weighted by Crippen LogP contribution is -2.37. The van der Waals surface area contributed by atoms with Crippen LogP contribution in [0.3, 0.4) is 0 Å². The molecule has 1 aromatic heterocycles. The molecular weight excluding hydrogens is 396 g/mol. The molecule has 0 saturated heterocycles. The van der Waals surface area contributed by atoms with Crippen molar-refractivity contribution in [3.8, 4) is 5.69 Å². The maximum absolute atomic E-state index is 14.4. The Morgan fingerprint density at radius 3 is 2.59 bits per heavy atom. The summed E-state index contributed by atoms with van der Waals surface area (Å²) in [6.07, 6.45) is 0. The number of carbonyl (C=O) groups excluding carboxylic acids is 1. The van der Waals surface area contributed by atoms with Gasteiger partial charge in [0.25, 0.3) is 5.56 Å². The maximum atomic E-state index is 14.4. The summed E-state index contributed by atoms with van der Waals surface area (Å²) in [5.74, 6) is -1.57. The lowest BCUT2D eigenvalue weighted by Gasteiger charge is -2.18. The maximum Gasteiger partial charge on any atom is 0.266 e. The van der Waals surface area contributed by atoms with Crippen LogP contribution in [-0.4, -0.2) is 27.3 Å². The molecule has 8 heteroatoms. The minimum atomic E-state index is -0.885. The van der Waals surface area contributed by atoms with Gasteiger partial charge in [-0.15, -0.1) is 0 Å². The third-order valence-electron chi connectivity index (χ3n) is 4.62. The van der Waals surface area contributed by atoms with Crippen molar-refractivity contribution in [2.24, 2.45) is 5.92 Å². The van der Waals surface area contributed by atoms with Gasteiger partial charge in [-0.05, 0) is 37.1 Å². The van der Waals surface area contributed by atoms with Gasteiger partial charge in [0.1, 0.15) is 11.6 Å². The smallest absolute Gasteiger partial charge is 0.266 e. The van der Waals surface area contributed by atoms with Crippen LogP contribution in [0.15, 0.2) is 52.4 Å². The summed E-state index contributed by atoms with van der Waals surface area (Å²) < 4.78 is 28.9. The van der Waals surface area contributed by atoms with Gasteiger partial charge in [-0.1, -0.05) is 37.7 Å². The van der Waals surface area contributed by atoms with Crippen LogP contribution < -0.4 is 10.9 Å². The number of hydrogen-bond donors (Lipinski definition) is 1. The van der Waals surface area contributed by atoms with E-state index in [-0.39, 0.29) is 34.5 Å². The number of hydrogen-bond acceptors (Lipinski definition) is 4. The van der Waals surface area contributed by atoms with E-state index in [1.807, 2.05) is 20.8 Å². The van der Waals surface area contributed by atoms with Crippen LogP contribution in [0.5, 0.6) is 0 Å². The van der Waals surface area contributed by atoms with E-state index in [0.29, 0.717) is 17.0 Å². The monoisotopic (exact) mass is 417 g/mol. The molecule has 5 nitrogen and oxygen atoms in total. The van der Waals surface area contributed by atoms with Crippen molar-refractivity contribution >= 4 is 28.6 Å². The molecule has 29 heavy (non-hydrogen) atoms. The topological polar surface area (TPSA) is 64.0 Å². The number of aromatic nitrogens is 2. The zero-order chi connectivity index (χ0) is 21.1. The summed E-state index contributed by atoms with van der Waals surface area (Å²) in [5, 5.41) is 3.34. The van der Waals surface area contributed by atoms with Crippen LogP contribution in [-0.2, 0) is 4.79 Å². The summed E-state index contributed by atoms with van der Waals surface area (Å²) in [7, 11) is 0. The fourth-order valence-corrected chi connectivity index (χ4v) is 3.49. The van der Waals surface area contributed by atoms with Crippen LogP contribution in [0.25, 0.3) is 16.6 Å². The Hall–Kier alpha value is -2.74. The predicted octanol–water partition coefficient (Wildman–Crippen LogP) is 3.92. The number of benzene rings is 2. The molecule has 1 atom stereocenters. The number of nitrogens with zero attached hydrogens (tertiary/aromatic N) is 2. The van der Waals surface area contributed by atoms with Gasteiger partial charge in [-0.2, -0.15) is 0 Å². The molecule has 0 fully saturated rings. The molecule has 1 N–H and O–H groups in total. The molecule has 0 spiro atoms. The highest BCUT2D eigenvalue weighted by atomic mass is 32.2. The van der Waals surface area contributed by atoms with Crippen molar-refractivity contribution < 1.29 is 13.6 Å². The summed E-state index contributed by atoms with van der Waals surface area (Å²) in [5.41, 5.74) is -0.164. The van der Waals surface area contributed by atoms with Crippen LogP contribution in [0.1, 0.15) is 20.8 Å². The summed E-state index contributed by atoms with van der Waals surface area (Å²) in [6, 6.07) is 9.65. The van der Waals surface area contributed by atoms with Crippen LogP contribution >= 0.6 is 11.8 Å². The Balaban J connectivity index is 2.03. The molecule has 0 aliphatic heterocycles. The molecule has 2 aromatic carbocycles. The summed E-state index contributed by atoms with van der Waals surface area (Å²) >= 11 is 1.02. The number of fused-ring (bicyclic) bond motifs is 1. The van der Waals surface area contributed by atoms with E-state index in [9.17, 15) is 18.4 Å². The van der Waals surface area contributed by atoms with E-state index in [2.05, 4.69) is 10.3 Å². The number of nitrogens with one attached hydrogen (secondary N) is 1. The van der Waals surface area contributed by atoms with Crippen molar-refractivity contribution in [2.45, 2.75) is 32.0 Å². The summed E-state index contributed by atoms with van der Waals surface area (Å²) in [4.78, 5) is 29.8. The normalized spacial score (nSPS) is 12.3. The first kappa shape index (κ1) is 21.0. The van der Waals surface area contributed by atoms with E-state index in [1.54, 1.807) is 24.3 Å². The number of carbonyl (C=O) groups is 1. The largest absolute Gasteiger partial charge is 0.353 e. The molecule has 3 rings (SSSR count). The van der Waals surface area contributed by atoms with Gasteiger partial charge in [-0.3, -0.25) is 14.2 Å². The Bertz CT molecular complexity index is 1110. The van der Waals surface area contributed by atoms with E-state index in [1.165, 1.54) is 6.07 Å². The first-order valence-electron chi connectivity index (χ1n) is 9.17. The van der Waals surface area contributed by atoms with Gasteiger partial charge in [0.05, 0.1) is 22.3 Å². The van der Waals surface area contributed by atoms with Crippen molar-refractivity contribution in [3.63, 3.8) is 0 Å². The average molecular weight is 417 g/mol. The lowest BCUT2D eigenvalue weighted by atomic mass is 10.1. The highest BCUT2D eigenvalue weighted by molar-refractivity contribution is 7.99. The SMILES string of the molecule is CC(C)[C@@H](C)NC(=O)CSc1nc2ccccc2c(=O)n1-c1ccc(F)cc1F. The van der Waals surface area contributed by atoms with Crippen molar-refractivity contribution in [1.29, 1.82) is 0 Å². The van der Waals surface area contributed by atoms with Gasteiger partial charge in [-0.25, -0.2) is 13.8 Å². The van der Waals surface area contributed by atoms with E-state index in [4.69, 9.17) is 0 Å². The Morgan fingerprint density at radius 1 is 1.17 bits per heavy atom. The van der Waals surface area contributed by atoms with Crippen LogP contribution in [0, 0.1) is 17.6 Å². The first-order chi connectivity index (χ1) is 13.8. The second-order valence-corrected chi connectivity index (χ2v) is 7.98. The Morgan fingerprint density at radius 2 is 1.90 bits per heavy atom. The number of rotatable bonds is 6. The third-order valence-corrected chi connectivity index (χ3v) is 5.56. The number of halogens is 2. The van der Waals surface area contributed by atoms with E-state index in [0.717, 1.165) is 22.4 Å². The Kier molecular flexibility index (Phi) is 6.32. The van der Waals surface area contributed by atoms with Crippen molar-refractivity contribution in [1.82, 2.24) is 14.9 Å². The molecule has 152 valence electrons. The molecule has 0 bridgehead atoms. The number of para-hydroxylation sites is 1. The van der Waals surface area contributed by atoms with Gasteiger partial charge in [0.2, 0.25) is 5.91 Å². The second-order valence-electron chi connectivity index (χ2n) is 7.04. The van der Waals surface area contributed by atoms with Gasteiger partial charge >= 0.3 is 0 Å². The zero-order valence-electron chi connectivity index (χ0n) is 16.3. The van der Waals surface area contributed by atoms with Crippen LogP contribution in [0.2, 0.25) is 0 Å². The zero-order valence-corrected chi connectivity index (χ0v) is 17.1. The molecule has 0 aliphatic carbocycles. The molecule has 1 heterocycles. The quantitative estimate of drug-likeness (QED) is 0.488. The molecule has 0 unspecified atom stereocenters. The fraction of sp³-hybridized carbons (Fsp3) is 0.286. The highest BCUT2D eigenvalue weighted by Gasteiger charge is 2.18. The third kappa shape index (κ3) is 4.64. The second kappa shape index (κ2) is 8.73. The van der Waals surface area contributed by atoms with E-state index < -0.39 is 17.2 Å². The number of thioether (sulfide) groups is 1. The first-order valence-corrected chi connectivity index (χ1v) is 10.2. The van der Waals surface area contributed by atoms with Crippen molar-refractivity contribution in [2.75, 3.05) is 5.75 Å². The summed E-state index contributed by atoms with van der Waals surface area (Å²) in [6.45, 7) is 5.90. The van der Waals surface area contributed by atoms with Gasteiger partial charge < -0.3 is 5.32 Å². The standard InChI is InChI=1S/C21H21F2N3O2S/c1-12(2)13(3)24-19(27)11-29-21-25-17-7-5-4-6-15(17)20(28)26(21)18-9-8-14(22)10-16(18)23/h4-10,12-13H,11H2,1-3H3,(H,24,27)/t13-/m1/s1. The lowest BCUT2D eigenvalue weighted by molar-refractivity contribution is -0.119. The van der Waals surface area contributed by atoms with Crippen molar-refractivity contribution in [3.05, 3.63) is 64.5 Å². The molecule has 1 amide bonds. The molecule has 0 aliphatic rings. The minimum Gasteiger partial charge on any atom is -0.353 e. The van der Waals surface area contributed by atoms with Crippen LogP contribution in [0.4, 0.5) is 8.78 Å². The fourth-order valence-electron chi connectivity index (χ4n) is 2.68. The molecule has 0 saturated carbocycles. The molecular formula is C21H21F2N3O2S.